The quantitative estimate of drug-likeness (QED) is 0.251. The molecule has 0 aromatic heterocycles. The number of aliphatic hydroxyl groups excluding tert-OH is 3. The summed E-state index contributed by atoms with van der Waals surface area (Å²) in [5, 5.41) is 50.6. The number of nitrogens with one attached hydrogen (secondary N) is 2. The minimum atomic E-state index is -1.38. The Bertz CT molecular complexity index is 1050. The van der Waals surface area contributed by atoms with E-state index in [9.17, 15) is 30.0 Å². The van der Waals surface area contributed by atoms with Gasteiger partial charge in [-0.3, -0.25) is 4.79 Å². The Kier molecular flexibility index (Phi) is 12.1. The van der Waals surface area contributed by atoms with Gasteiger partial charge in [-0.1, -0.05) is 81.4 Å². The normalized spacial score (nSPS) is 15.9. The van der Waals surface area contributed by atoms with E-state index in [2.05, 4.69) is 10.6 Å². The van der Waals surface area contributed by atoms with E-state index in [-0.39, 0.29) is 19.5 Å². The molecule has 0 fully saturated rings. The summed E-state index contributed by atoms with van der Waals surface area (Å²) >= 11 is 0. The van der Waals surface area contributed by atoms with Gasteiger partial charge >= 0.3 is 0 Å². The number of benzene rings is 2. The van der Waals surface area contributed by atoms with Crippen LogP contribution in [0.4, 0.5) is 4.79 Å². The van der Waals surface area contributed by atoms with E-state index >= 15 is 0 Å². The van der Waals surface area contributed by atoms with Crippen molar-refractivity contribution in [2.24, 2.45) is 5.41 Å². The van der Waals surface area contributed by atoms with Crippen molar-refractivity contribution in [2.75, 3.05) is 13.1 Å². The Morgan fingerprint density at radius 1 is 0.800 bits per heavy atom. The van der Waals surface area contributed by atoms with E-state index in [1.54, 1.807) is 41.5 Å². The molecule has 0 heterocycles. The highest BCUT2D eigenvalue weighted by Gasteiger charge is 2.35. The van der Waals surface area contributed by atoms with Crippen molar-refractivity contribution in [3.05, 3.63) is 71.8 Å². The first-order valence-corrected chi connectivity index (χ1v) is 13.7. The predicted octanol–water partition coefficient (Wildman–Crippen LogP) is 1.49. The van der Waals surface area contributed by atoms with E-state index in [0.717, 1.165) is 16.0 Å². The summed E-state index contributed by atoms with van der Waals surface area (Å²) in [6.45, 7) is 10.5. The lowest BCUT2D eigenvalue weighted by atomic mass is 9.88. The SMILES string of the molecule is CC(C)(C)C(O)C(=O)N[C@@H](Cc1ccccc1)[C@H](O)CNC[C@@H](O)[C@H](Cc1ccccc1)N(C(=O)[O-])C(C)(C)C. The lowest BCUT2D eigenvalue weighted by Gasteiger charge is -2.45. The number of hydrogen-bond donors (Lipinski definition) is 5. The molecule has 5 N–H and O–H groups in total. The highest BCUT2D eigenvalue weighted by atomic mass is 16.4. The molecule has 5 atom stereocenters. The Morgan fingerprint density at radius 2 is 1.27 bits per heavy atom. The number of aliphatic hydroxyl groups is 3. The maximum atomic E-state index is 12.8. The Labute approximate surface area is 238 Å². The van der Waals surface area contributed by atoms with Crippen LogP contribution in [0.15, 0.2) is 60.7 Å². The minimum Gasteiger partial charge on any atom is -0.530 e. The van der Waals surface area contributed by atoms with Crippen LogP contribution in [-0.4, -0.2) is 81.2 Å². The molecule has 1 unspecified atom stereocenters. The molecule has 2 aromatic carbocycles. The van der Waals surface area contributed by atoms with E-state index in [4.69, 9.17) is 0 Å². The predicted molar refractivity (Wildman–Crippen MR) is 153 cm³/mol. The van der Waals surface area contributed by atoms with Crippen molar-refractivity contribution in [1.82, 2.24) is 15.5 Å². The zero-order valence-electron chi connectivity index (χ0n) is 24.5. The van der Waals surface area contributed by atoms with Crippen LogP contribution in [0.2, 0.25) is 0 Å². The Balaban J connectivity index is 2.15. The topological polar surface area (TPSA) is 145 Å². The molecule has 0 bridgehead atoms. The summed E-state index contributed by atoms with van der Waals surface area (Å²) in [6.07, 6.45) is -4.22. The van der Waals surface area contributed by atoms with Gasteiger partial charge in [0.15, 0.2) is 0 Å². The summed E-state index contributed by atoms with van der Waals surface area (Å²) in [5.74, 6) is -0.579. The highest BCUT2D eigenvalue weighted by molar-refractivity contribution is 5.81. The zero-order chi connectivity index (χ0) is 30.1. The molecule has 2 amide bonds. The summed E-state index contributed by atoms with van der Waals surface area (Å²) in [7, 11) is 0. The number of carbonyl (C=O) groups is 2. The lowest BCUT2D eigenvalue weighted by Crippen LogP contribution is -2.62. The largest absolute Gasteiger partial charge is 0.530 e. The third kappa shape index (κ3) is 10.2. The average Bonchev–Trinajstić information content (AvgIpc) is 2.86. The Hall–Kier alpha value is -2.98. The average molecular weight is 557 g/mol. The number of hydrogen-bond acceptors (Lipinski definition) is 7. The molecular formula is C31H46N3O6-. The fraction of sp³-hybridized carbons (Fsp3) is 0.548. The minimum absolute atomic E-state index is 0.00889. The molecule has 0 aliphatic rings. The third-order valence-electron chi connectivity index (χ3n) is 6.85. The fourth-order valence-electron chi connectivity index (χ4n) is 4.63. The van der Waals surface area contributed by atoms with Gasteiger partial charge in [0.1, 0.15) is 12.2 Å². The van der Waals surface area contributed by atoms with E-state index in [1.165, 1.54) is 0 Å². The second kappa shape index (κ2) is 14.6. The number of carbonyl (C=O) groups excluding carboxylic acids is 2. The van der Waals surface area contributed by atoms with Crippen LogP contribution < -0.4 is 15.7 Å². The maximum absolute atomic E-state index is 12.8. The van der Waals surface area contributed by atoms with Crippen molar-refractivity contribution >= 4 is 12.0 Å². The van der Waals surface area contributed by atoms with Gasteiger partial charge in [0.05, 0.1) is 24.3 Å². The first-order valence-electron chi connectivity index (χ1n) is 13.7. The molecule has 0 spiro atoms. The standard InChI is InChI=1S/C31H47N3O6/c1-30(2,3)27(37)28(38)33-23(17-21-13-9-7-10-14-21)25(35)19-32-20-26(36)24(18-22-15-11-8-12-16-22)34(29(39)40)31(4,5)6/h7-16,23-27,32,35-37H,17-20H2,1-6H3,(H,33,38)(H,39,40)/p-1/t23-,24-,25+,26+,27?/m0/s1. The molecule has 0 saturated carbocycles. The van der Waals surface area contributed by atoms with Crippen LogP contribution in [0.25, 0.3) is 0 Å². The first-order chi connectivity index (χ1) is 18.6. The smallest absolute Gasteiger partial charge is 0.249 e. The van der Waals surface area contributed by atoms with Crippen LogP contribution in [0.1, 0.15) is 52.7 Å². The third-order valence-corrected chi connectivity index (χ3v) is 6.85. The molecule has 2 rings (SSSR count). The lowest BCUT2D eigenvalue weighted by molar-refractivity contribution is -0.275. The number of amides is 2. The van der Waals surface area contributed by atoms with Crippen molar-refractivity contribution in [2.45, 2.75) is 90.3 Å². The van der Waals surface area contributed by atoms with E-state index < -0.39 is 53.3 Å². The van der Waals surface area contributed by atoms with E-state index in [0.29, 0.717) is 6.42 Å². The van der Waals surface area contributed by atoms with Crippen molar-refractivity contribution in [1.29, 1.82) is 0 Å². The summed E-state index contributed by atoms with van der Waals surface area (Å²) in [6, 6.07) is 17.2. The van der Waals surface area contributed by atoms with Crippen molar-refractivity contribution in [3.63, 3.8) is 0 Å². The monoisotopic (exact) mass is 556 g/mol. The fourth-order valence-corrected chi connectivity index (χ4v) is 4.63. The van der Waals surface area contributed by atoms with Crippen LogP contribution in [-0.2, 0) is 17.6 Å². The molecule has 9 nitrogen and oxygen atoms in total. The van der Waals surface area contributed by atoms with Crippen molar-refractivity contribution < 1.29 is 30.0 Å². The van der Waals surface area contributed by atoms with E-state index in [1.807, 2.05) is 60.7 Å². The van der Waals surface area contributed by atoms with Crippen molar-refractivity contribution in [3.8, 4) is 0 Å². The summed E-state index contributed by atoms with van der Waals surface area (Å²) < 4.78 is 0. The number of nitrogens with zero attached hydrogens (tertiary/aromatic N) is 1. The molecule has 0 saturated heterocycles. The number of carboxylic acid groups (broad SMARTS) is 1. The maximum Gasteiger partial charge on any atom is 0.249 e. The van der Waals surface area contributed by atoms with Gasteiger partial charge in [0.25, 0.3) is 0 Å². The van der Waals surface area contributed by atoms with Crippen LogP contribution in [0.3, 0.4) is 0 Å². The molecule has 9 heteroatoms. The summed E-state index contributed by atoms with van der Waals surface area (Å²) in [4.78, 5) is 26.1. The molecule has 0 radical (unpaired) electrons. The molecule has 222 valence electrons. The van der Waals surface area contributed by atoms with Crippen LogP contribution in [0.5, 0.6) is 0 Å². The number of rotatable bonds is 13. The first kappa shape index (κ1) is 33.2. The van der Waals surface area contributed by atoms with Gasteiger partial charge in [0, 0.05) is 18.6 Å². The van der Waals surface area contributed by atoms with Gasteiger partial charge in [0.2, 0.25) is 5.91 Å². The van der Waals surface area contributed by atoms with Crippen LogP contribution >= 0.6 is 0 Å². The Morgan fingerprint density at radius 3 is 1.73 bits per heavy atom. The van der Waals surface area contributed by atoms with Gasteiger partial charge in [-0.25, -0.2) is 0 Å². The molecule has 0 aliphatic heterocycles. The molecule has 0 aliphatic carbocycles. The van der Waals surface area contributed by atoms with Gasteiger partial charge in [-0.05, 0) is 50.2 Å². The van der Waals surface area contributed by atoms with Gasteiger partial charge < -0.3 is 40.8 Å². The van der Waals surface area contributed by atoms with Crippen LogP contribution in [0, 0.1) is 5.41 Å². The summed E-state index contributed by atoms with van der Waals surface area (Å²) in [5.41, 5.74) is 0.262. The second-order valence-electron chi connectivity index (χ2n) is 12.4. The highest BCUT2D eigenvalue weighted by Crippen LogP contribution is 2.22. The van der Waals surface area contributed by atoms with Gasteiger partial charge in [-0.15, -0.1) is 0 Å². The van der Waals surface area contributed by atoms with Gasteiger partial charge in [-0.2, -0.15) is 0 Å². The second-order valence-corrected chi connectivity index (χ2v) is 12.4. The zero-order valence-corrected chi connectivity index (χ0v) is 24.5. The molecule has 40 heavy (non-hydrogen) atoms. The molecule has 2 aromatic rings. The molecular weight excluding hydrogens is 510 g/mol.